The molecule has 6 nitrogen and oxygen atoms in total. The van der Waals surface area contributed by atoms with Crippen molar-refractivity contribution >= 4 is 5.91 Å². The molecule has 2 aromatic rings. The van der Waals surface area contributed by atoms with Gasteiger partial charge in [0.05, 0.1) is 5.56 Å². The zero-order valence-electron chi connectivity index (χ0n) is 13.8. The molecule has 1 aromatic carbocycles. The van der Waals surface area contributed by atoms with Gasteiger partial charge in [0.1, 0.15) is 0 Å². The summed E-state index contributed by atoms with van der Waals surface area (Å²) < 4.78 is 12.7. The first-order valence-electron chi connectivity index (χ1n) is 8.21. The highest BCUT2D eigenvalue weighted by molar-refractivity contribution is 5.94. The van der Waals surface area contributed by atoms with Gasteiger partial charge in [-0.3, -0.25) is 9.69 Å². The lowest BCUT2D eigenvalue weighted by molar-refractivity contribution is 0.0628. The average molecular weight is 327 g/mol. The maximum Gasteiger partial charge on any atom is 0.255 e. The molecule has 126 valence electrons. The van der Waals surface area contributed by atoms with Crippen LogP contribution in [0.25, 0.3) is 0 Å². The van der Waals surface area contributed by atoms with E-state index in [4.69, 9.17) is 9.47 Å². The highest BCUT2D eigenvalue weighted by Gasteiger charge is 2.23. The Kier molecular flexibility index (Phi) is 3.90. The molecule has 0 atom stereocenters. The zero-order valence-corrected chi connectivity index (χ0v) is 13.8. The lowest BCUT2D eigenvalue weighted by atomic mass is 10.1. The van der Waals surface area contributed by atoms with Gasteiger partial charge in [0.2, 0.25) is 6.79 Å². The van der Waals surface area contributed by atoms with Crippen molar-refractivity contribution in [2.75, 3.05) is 33.0 Å². The third-order valence-electron chi connectivity index (χ3n) is 4.58. The smallest absolute Gasteiger partial charge is 0.255 e. The van der Waals surface area contributed by atoms with E-state index in [-0.39, 0.29) is 5.91 Å². The summed E-state index contributed by atoms with van der Waals surface area (Å²) in [5.74, 6) is 1.76. The van der Waals surface area contributed by atoms with Crippen molar-refractivity contribution in [1.82, 2.24) is 14.4 Å². The van der Waals surface area contributed by atoms with E-state index in [1.165, 1.54) is 5.56 Å². The predicted octanol–water partition coefficient (Wildman–Crippen LogP) is 1.71. The molecule has 0 spiro atoms. The number of hydrogen-bond acceptors (Lipinski definition) is 4. The molecule has 24 heavy (non-hydrogen) atoms. The van der Waals surface area contributed by atoms with Crippen molar-refractivity contribution in [2.24, 2.45) is 7.05 Å². The third-order valence-corrected chi connectivity index (χ3v) is 4.58. The summed E-state index contributed by atoms with van der Waals surface area (Å²) in [7, 11) is 1.93. The maximum absolute atomic E-state index is 12.5. The summed E-state index contributed by atoms with van der Waals surface area (Å²) >= 11 is 0. The van der Waals surface area contributed by atoms with Crippen molar-refractivity contribution in [3.63, 3.8) is 0 Å². The van der Waals surface area contributed by atoms with Crippen molar-refractivity contribution in [3.05, 3.63) is 47.8 Å². The lowest BCUT2D eigenvalue weighted by Crippen LogP contribution is -2.48. The quantitative estimate of drug-likeness (QED) is 0.861. The Hall–Kier alpha value is -2.47. The molecule has 1 aromatic heterocycles. The Morgan fingerprint density at radius 3 is 2.62 bits per heavy atom. The molecule has 1 amide bonds. The molecular formula is C18H21N3O3. The van der Waals surface area contributed by atoms with Gasteiger partial charge in [-0.05, 0) is 23.8 Å². The number of fused-ring (bicyclic) bond motifs is 1. The minimum atomic E-state index is 0.123. The van der Waals surface area contributed by atoms with E-state index in [0.717, 1.165) is 49.8 Å². The second-order valence-corrected chi connectivity index (χ2v) is 6.32. The van der Waals surface area contributed by atoms with E-state index >= 15 is 0 Å². The average Bonchev–Trinajstić information content (AvgIpc) is 3.23. The third kappa shape index (κ3) is 2.97. The molecule has 0 bridgehead atoms. The van der Waals surface area contributed by atoms with Gasteiger partial charge in [-0.25, -0.2) is 0 Å². The molecule has 0 aliphatic carbocycles. The number of carbonyl (C=O) groups excluding carboxylic acids is 1. The van der Waals surface area contributed by atoms with Crippen LogP contribution in [0.1, 0.15) is 15.9 Å². The van der Waals surface area contributed by atoms with Gasteiger partial charge in [0, 0.05) is 52.2 Å². The summed E-state index contributed by atoms with van der Waals surface area (Å²) in [6.07, 6.45) is 3.78. The van der Waals surface area contributed by atoms with Crippen molar-refractivity contribution in [1.29, 1.82) is 0 Å². The van der Waals surface area contributed by atoms with Gasteiger partial charge in [-0.2, -0.15) is 0 Å². The van der Waals surface area contributed by atoms with Crippen molar-refractivity contribution in [3.8, 4) is 11.5 Å². The fourth-order valence-electron chi connectivity index (χ4n) is 3.22. The molecule has 2 aliphatic heterocycles. The first kappa shape index (κ1) is 15.1. The number of benzene rings is 1. The Bertz CT molecular complexity index is 748. The van der Waals surface area contributed by atoms with Crippen LogP contribution in [0.15, 0.2) is 36.7 Å². The normalized spacial score (nSPS) is 17.3. The molecule has 0 unspecified atom stereocenters. The SMILES string of the molecule is Cn1ccc(C(=O)N2CCN(Cc3ccc4c(c3)OCO4)CC2)c1. The van der Waals surface area contributed by atoms with Crippen LogP contribution in [0, 0.1) is 0 Å². The minimum absolute atomic E-state index is 0.123. The number of aryl methyl sites for hydroxylation is 1. The molecule has 0 radical (unpaired) electrons. The Labute approximate surface area is 141 Å². The van der Waals surface area contributed by atoms with E-state index in [1.54, 1.807) is 0 Å². The van der Waals surface area contributed by atoms with E-state index in [2.05, 4.69) is 11.0 Å². The fourth-order valence-corrected chi connectivity index (χ4v) is 3.22. The van der Waals surface area contributed by atoms with E-state index < -0.39 is 0 Å². The Morgan fingerprint density at radius 1 is 1.08 bits per heavy atom. The van der Waals surface area contributed by atoms with E-state index in [0.29, 0.717) is 6.79 Å². The second-order valence-electron chi connectivity index (χ2n) is 6.32. The highest BCUT2D eigenvalue weighted by atomic mass is 16.7. The molecular weight excluding hydrogens is 306 g/mol. The number of rotatable bonds is 3. The van der Waals surface area contributed by atoms with Crippen LogP contribution in [0.5, 0.6) is 11.5 Å². The van der Waals surface area contributed by atoms with Gasteiger partial charge in [-0.15, -0.1) is 0 Å². The summed E-state index contributed by atoms with van der Waals surface area (Å²) in [5, 5.41) is 0. The van der Waals surface area contributed by atoms with Gasteiger partial charge >= 0.3 is 0 Å². The number of piperazine rings is 1. The van der Waals surface area contributed by atoms with E-state index in [1.807, 2.05) is 47.1 Å². The lowest BCUT2D eigenvalue weighted by Gasteiger charge is -2.34. The number of aromatic nitrogens is 1. The summed E-state index contributed by atoms with van der Waals surface area (Å²) in [4.78, 5) is 16.8. The molecule has 1 saturated heterocycles. The number of amides is 1. The van der Waals surface area contributed by atoms with Gasteiger partial charge < -0.3 is 18.9 Å². The molecule has 1 fully saturated rings. The number of carbonyl (C=O) groups is 1. The number of nitrogens with zero attached hydrogens (tertiary/aromatic N) is 3. The fraction of sp³-hybridized carbons (Fsp3) is 0.389. The van der Waals surface area contributed by atoms with Crippen LogP contribution in [0.3, 0.4) is 0 Å². The first-order chi connectivity index (χ1) is 11.7. The highest BCUT2D eigenvalue weighted by Crippen LogP contribution is 2.32. The predicted molar refractivity (Wildman–Crippen MR) is 89.2 cm³/mol. The molecule has 3 heterocycles. The van der Waals surface area contributed by atoms with Crippen LogP contribution in [-0.2, 0) is 13.6 Å². The topological polar surface area (TPSA) is 46.9 Å². The first-order valence-corrected chi connectivity index (χ1v) is 8.21. The molecule has 0 saturated carbocycles. The number of ether oxygens (including phenoxy) is 2. The van der Waals surface area contributed by atoms with Gasteiger partial charge in [-0.1, -0.05) is 6.07 Å². The second kappa shape index (κ2) is 6.20. The zero-order chi connectivity index (χ0) is 16.5. The summed E-state index contributed by atoms with van der Waals surface area (Å²) in [5.41, 5.74) is 1.98. The number of hydrogen-bond donors (Lipinski definition) is 0. The molecule has 6 heteroatoms. The van der Waals surface area contributed by atoms with Crippen LogP contribution < -0.4 is 9.47 Å². The van der Waals surface area contributed by atoms with Gasteiger partial charge in [0.15, 0.2) is 11.5 Å². The van der Waals surface area contributed by atoms with Gasteiger partial charge in [0.25, 0.3) is 5.91 Å². The minimum Gasteiger partial charge on any atom is -0.454 e. The summed E-state index contributed by atoms with van der Waals surface area (Å²) in [6, 6.07) is 7.97. The van der Waals surface area contributed by atoms with Crippen LogP contribution in [-0.4, -0.2) is 53.2 Å². The van der Waals surface area contributed by atoms with Crippen LogP contribution in [0.4, 0.5) is 0 Å². The van der Waals surface area contributed by atoms with Crippen LogP contribution in [0.2, 0.25) is 0 Å². The molecule has 4 rings (SSSR count). The standard InChI is InChI=1S/C18H21N3O3/c1-19-5-4-15(12-19)18(22)21-8-6-20(7-9-21)11-14-2-3-16-17(10-14)24-13-23-16/h2-5,10,12H,6-9,11,13H2,1H3. The Morgan fingerprint density at radius 2 is 1.88 bits per heavy atom. The molecule has 0 N–H and O–H groups in total. The largest absolute Gasteiger partial charge is 0.454 e. The van der Waals surface area contributed by atoms with Crippen molar-refractivity contribution in [2.45, 2.75) is 6.54 Å². The summed E-state index contributed by atoms with van der Waals surface area (Å²) in [6.45, 7) is 4.46. The van der Waals surface area contributed by atoms with Crippen LogP contribution >= 0.6 is 0 Å². The Balaban J connectivity index is 1.34. The van der Waals surface area contributed by atoms with E-state index in [9.17, 15) is 4.79 Å². The maximum atomic E-state index is 12.5. The monoisotopic (exact) mass is 327 g/mol. The van der Waals surface area contributed by atoms with Crippen molar-refractivity contribution < 1.29 is 14.3 Å². The molecule has 2 aliphatic rings.